The summed E-state index contributed by atoms with van der Waals surface area (Å²) in [5, 5.41) is 20.9. The van der Waals surface area contributed by atoms with Crippen molar-refractivity contribution in [3.63, 3.8) is 0 Å². The molecule has 2 fully saturated rings. The zero-order valence-corrected chi connectivity index (χ0v) is 25.6. The number of ether oxygens (including phenoxy) is 1. The highest BCUT2D eigenvalue weighted by Crippen LogP contribution is 2.58. The number of hydrogen-bond donors (Lipinski definition) is 2. The predicted octanol–water partition coefficient (Wildman–Crippen LogP) is 3.86. The van der Waals surface area contributed by atoms with Crippen molar-refractivity contribution in [2.75, 3.05) is 61.1 Å². The summed E-state index contributed by atoms with van der Waals surface area (Å²) in [6, 6.07) is 8.89. The molecule has 0 saturated carbocycles. The zero-order valence-electron chi connectivity index (χ0n) is 24.0. The molecular weight excluding hydrogens is 569 g/mol. The van der Waals surface area contributed by atoms with Crippen molar-refractivity contribution < 1.29 is 4.74 Å². The number of rotatable bonds is 8. The van der Waals surface area contributed by atoms with E-state index < -0.39 is 0 Å². The van der Waals surface area contributed by atoms with Crippen molar-refractivity contribution in [1.82, 2.24) is 19.9 Å². The van der Waals surface area contributed by atoms with Crippen LogP contribution in [0.1, 0.15) is 59.9 Å². The van der Waals surface area contributed by atoms with E-state index in [1.165, 1.54) is 16.2 Å². The van der Waals surface area contributed by atoms with E-state index in [0.717, 1.165) is 36.3 Å². The van der Waals surface area contributed by atoms with Gasteiger partial charge in [-0.1, -0.05) is 6.07 Å². The smallest absolute Gasteiger partial charge is 0.320 e. The maximum Gasteiger partial charge on any atom is 0.320 e. The van der Waals surface area contributed by atoms with Gasteiger partial charge >= 0.3 is 6.01 Å². The van der Waals surface area contributed by atoms with Crippen LogP contribution in [0.15, 0.2) is 18.3 Å². The molecule has 3 aromatic rings. The topological polar surface area (TPSA) is 157 Å². The molecule has 13 heteroatoms. The SMILES string of the molecule is CCN(c1nc(OC[C@@H]2CCCN2C)nc(N2CC3(C2)SCc2sc(N)c(C#N)c23)c1C#N)[C@H](C)c1cccnc1N. The van der Waals surface area contributed by atoms with Gasteiger partial charge in [0.25, 0.3) is 0 Å². The summed E-state index contributed by atoms with van der Waals surface area (Å²) in [5.74, 6) is 2.33. The number of pyridine rings is 1. The number of likely N-dealkylation sites (tertiary alicyclic amines) is 1. The lowest BCUT2D eigenvalue weighted by molar-refractivity contribution is 0.187. The predicted molar refractivity (Wildman–Crippen MR) is 167 cm³/mol. The molecule has 4 N–H and O–H groups in total. The average Bonchev–Trinajstić information content (AvgIpc) is 3.64. The highest BCUT2D eigenvalue weighted by molar-refractivity contribution is 8.00. The van der Waals surface area contributed by atoms with Crippen LogP contribution in [0, 0.1) is 22.7 Å². The van der Waals surface area contributed by atoms with E-state index in [4.69, 9.17) is 26.2 Å². The number of thiophene rings is 1. The Morgan fingerprint density at radius 2 is 2.02 bits per heavy atom. The molecule has 0 amide bonds. The number of fused-ring (bicyclic) bond motifs is 2. The molecule has 11 nitrogen and oxygen atoms in total. The monoisotopic (exact) mass is 602 g/mol. The fourth-order valence-corrected chi connectivity index (χ4v) is 9.18. The highest BCUT2D eigenvalue weighted by Gasteiger charge is 2.53. The third-order valence-corrected chi connectivity index (χ3v) is 11.3. The third kappa shape index (κ3) is 4.66. The number of thioether (sulfide) groups is 1. The molecule has 0 bridgehead atoms. The minimum absolute atomic E-state index is 0.199. The van der Waals surface area contributed by atoms with E-state index in [0.29, 0.717) is 65.9 Å². The fourth-order valence-electron chi connectivity index (χ4n) is 6.38. The van der Waals surface area contributed by atoms with Gasteiger partial charge in [-0.25, -0.2) is 4.98 Å². The number of aromatic nitrogens is 3. The van der Waals surface area contributed by atoms with Crippen LogP contribution in [-0.2, 0) is 10.5 Å². The first-order valence-corrected chi connectivity index (χ1v) is 15.9. The van der Waals surface area contributed by atoms with Gasteiger partial charge in [-0.3, -0.25) is 0 Å². The Bertz CT molecular complexity index is 1590. The minimum Gasteiger partial charge on any atom is -0.462 e. The van der Waals surface area contributed by atoms with Gasteiger partial charge < -0.3 is 30.9 Å². The zero-order chi connectivity index (χ0) is 29.6. The second-order valence-electron chi connectivity index (χ2n) is 11.1. The normalized spacial score (nSPS) is 19.6. The van der Waals surface area contributed by atoms with E-state index in [9.17, 15) is 10.5 Å². The number of nitrogen functional groups attached to an aromatic ring is 2. The van der Waals surface area contributed by atoms with Crippen molar-refractivity contribution >= 4 is 45.6 Å². The molecule has 3 aromatic heterocycles. The van der Waals surface area contributed by atoms with Gasteiger partial charge in [-0.2, -0.15) is 20.5 Å². The molecule has 0 aromatic carbocycles. The van der Waals surface area contributed by atoms with Crippen LogP contribution < -0.4 is 26.0 Å². The summed E-state index contributed by atoms with van der Waals surface area (Å²) in [5.41, 5.74) is 15.3. The fraction of sp³-hybridized carbons (Fsp3) is 0.483. The van der Waals surface area contributed by atoms with Gasteiger partial charge in [-0.05, 0) is 46.3 Å². The molecule has 6 rings (SSSR count). The molecule has 3 aliphatic rings. The lowest BCUT2D eigenvalue weighted by atomic mass is 9.88. The van der Waals surface area contributed by atoms with Crippen LogP contribution >= 0.6 is 23.1 Å². The van der Waals surface area contributed by atoms with Crippen molar-refractivity contribution in [3.05, 3.63) is 45.5 Å². The molecule has 0 unspecified atom stereocenters. The molecule has 3 aliphatic heterocycles. The maximum atomic E-state index is 10.5. The van der Waals surface area contributed by atoms with Gasteiger partial charge in [0.15, 0.2) is 11.6 Å². The Hall–Kier alpha value is -3.78. The second kappa shape index (κ2) is 11.1. The van der Waals surface area contributed by atoms with E-state index in [-0.39, 0.29) is 16.8 Å². The molecule has 2 atom stereocenters. The van der Waals surface area contributed by atoms with Crippen LogP contribution in [0.4, 0.5) is 22.5 Å². The van der Waals surface area contributed by atoms with Crippen LogP contribution in [0.25, 0.3) is 0 Å². The Morgan fingerprint density at radius 1 is 1.24 bits per heavy atom. The number of nitrogens with two attached hydrogens (primary N) is 2. The van der Waals surface area contributed by atoms with Gasteiger partial charge in [-0.15, -0.1) is 23.1 Å². The summed E-state index contributed by atoms with van der Waals surface area (Å²) in [6.07, 6.45) is 3.86. The van der Waals surface area contributed by atoms with E-state index in [1.54, 1.807) is 6.20 Å². The number of anilines is 4. The number of likely N-dealkylation sites (N-methyl/N-ethyl adjacent to an activating group) is 1. The van der Waals surface area contributed by atoms with E-state index in [2.05, 4.69) is 38.9 Å². The van der Waals surface area contributed by atoms with Crippen molar-refractivity contribution in [1.29, 1.82) is 10.5 Å². The Kier molecular flexibility index (Phi) is 7.51. The quantitative estimate of drug-likeness (QED) is 0.384. The largest absolute Gasteiger partial charge is 0.462 e. The van der Waals surface area contributed by atoms with E-state index >= 15 is 0 Å². The molecule has 218 valence electrons. The maximum absolute atomic E-state index is 10.5. The first kappa shape index (κ1) is 28.3. The van der Waals surface area contributed by atoms with Crippen LogP contribution in [0.2, 0.25) is 0 Å². The summed E-state index contributed by atoms with van der Waals surface area (Å²) in [7, 11) is 2.11. The van der Waals surface area contributed by atoms with Crippen LogP contribution in [0.5, 0.6) is 6.01 Å². The molecule has 2 saturated heterocycles. The highest BCUT2D eigenvalue weighted by atomic mass is 32.2. The third-order valence-electron chi connectivity index (χ3n) is 8.69. The van der Waals surface area contributed by atoms with Crippen LogP contribution in [0.3, 0.4) is 0 Å². The average molecular weight is 603 g/mol. The summed E-state index contributed by atoms with van der Waals surface area (Å²) >= 11 is 3.34. The lowest BCUT2D eigenvalue weighted by Crippen LogP contribution is -2.57. The second-order valence-corrected chi connectivity index (χ2v) is 13.6. The van der Waals surface area contributed by atoms with Gasteiger partial charge in [0, 0.05) is 53.6 Å². The van der Waals surface area contributed by atoms with Gasteiger partial charge in [0.2, 0.25) is 0 Å². The molecule has 1 spiro atoms. The first-order chi connectivity index (χ1) is 20.3. The first-order valence-electron chi connectivity index (χ1n) is 14.1. The molecule has 42 heavy (non-hydrogen) atoms. The molecule has 0 aliphatic carbocycles. The lowest BCUT2D eigenvalue weighted by Gasteiger charge is -2.49. The number of nitrogens with zero attached hydrogens (tertiary/aromatic N) is 8. The molecule has 0 radical (unpaired) electrons. The standard InChI is InChI=1S/C29H34N10OS2/c1-4-39(17(2)19-8-5-9-34-24(19)32)27-21(12-31)26(35-28(36-27)40-13-18-7-6-10-37(18)3)38-15-29(16-38)23-20(11-30)25(33)42-22(23)14-41-29/h5,8-9,17-18H,4,6-7,10,13-16,33H2,1-3H3,(H2,32,34)/t17-,18+/m1/s1. The number of hydrogen-bond acceptors (Lipinski definition) is 13. The van der Waals surface area contributed by atoms with Crippen molar-refractivity contribution in [2.24, 2.45) is 0 Å². The summed E-state index contributed by atoms with van der Waals surface area (Å²) in [6.45, 7) is 7.38. The summed E-state index contributed by atoms with van der Waals surface area (Å²) < 4.78 is 6.00. The Balaban J connectivity index is 1.38. The Labute approximate surface area is 254 Å². The Morgan fingerprint density at radius 3 is 2.69 bits per heavy atom. The van der Waals surface area contributed by atoms with E-state index in [1.807, 2.05) is 37.7 Å². The summed E-state index contributed by atoms with van der Waals surface area (Å²) in [4.78, 5) is 21.6. The minimum atomic E-state index is -0.248. The van der Waals surface area contributed by atoms with Gasteiger partial charge in [0.1, 0.15) is 35.1 Å². The van der Waals surface area contributed by atoms with Gasteiger partial charge in [0.05, 0.1) is 16.4 Å². The molecular formula is C29H34N10OS2. The molecule has 6 heterocycles. The van der Waals surface area contributed by atoms with Crippen LogP contribution in [-0.4, -0.2) is 65.7 Å². The van der Waals surface area contributed by atoms with Crippen molar-refractivity contribution in [2.45, 2.75) is 49.3 Å². The van der Waals surface area contributed by atoms with Crippen molar-refractivity contribution in [3.8, 4) is 18.1 Å². The number of nitriles is 2.